The van der Waals surface area contributed by atoms with Gasteiger partial charge < -0.3 is 9.52 Å². The minimum absolute atomic E-state index is 0.123. The zero-order valence-electron chi connectivity index (χ0n) is 11.6. The molecule has 2 atom stereocenters. The molecule has 1 aromatic heterocycles. The zero-order chi connectivity index (χ0) is 14.3. The van der Waals surface area contributed by atoms with E-state index in [9.17, 15) is 14.7 Å². The van der Waals surface area contributed by atoms with E-state index in [4.69, 9.17) is 4.42 Å². The van der Waals surface area contributed by atoms with Crippen LogP contribution in [0.5, 0.6) is 0 Å². The molecule has 0 spiro atoms. The number of Topliss-reactive ketones (excluding diaryl/α,β-unsaturated/α-hetero) is 1. The van der Waals surface area contributed by atoms with Gasteiger partial charge in [0.15, 0.2) is 5.76 Å². The van der Waals surface area contributed by atoms with Gasteiger partial charge in [0.1, 0.15) is 5.92 Å². The predicted octanol–water partition coefficient (Wildman–Crippen LogP) is 3.77. The van der Waals surface area contributed by atoms with Crippen molar-refractivity contribution in [3.63, 3.8) is 0 Å². The van der Waals surface area contributed by atoms with E-state index in [2.05, 4.69) is 6.92 Å². The third-order valence-electron chi connectivity index (χ3n) is 3.49. The standard InChI is InChI=1S/C15H22O4/c1-3-5-6-8-11(4-2)13(15(17)18)14(16)12-9-7-10-19-12/h7,9-11,13H,3-6,8H2,1-2H3,(H,17,18). The van der Waals surface area contributed by atoms with E-state index in [0.29, 0.717) is 6.42 Å². The molecule has 4 heteroatoms. The fourth-order valence-electron chi connectivity index (χ4n) is 2.36. The minimum Gasteiger partial charge on any atom is -0.481 e. The van der Waals surface area contributed by atoms with Crippen molar-refractivity contribution in [3.05, 3.63) is 24.2 Å². The van der Waals surface area contributed by atoms with Crippen LogP contribution in [0.3, 0.4) is 0 Å². The summed E-state index contributed by atoms with van der Waals surface area (Å²) in [4.78, 5) is 23.6. The maximum atomic E-state index is 12.2. The van der Waals surface area contributed by atoms with Crippen molar-refractivity contribution in [1.82, 2.24) is 0 Å². The fourth-order valence-corrected chi connectivity index (χ4v) is 2.36. The number of furan rings is 1. The number of aliphatic carboxylic acids is 1. The highest BCUT2D eigenvalue weighted by Gasteiger charge is 2.35. The number of carbonyl (C=O) groups excluding carboxylic acids is 1. The Hall–Kier alpha value is -1.58. The maximum absolute atomic E-state index is 12.2. The summed E-state index contributed by atoms with van der Waals surface area (Å²) in [6.45, 7) is 4.03. The van der Waals surface area contributed by atoms with Crippen LogP contribution >= 0.6 is 0 Å². The first-order valence-corrected chi connectivity index (χ1v) is 6.92. The van der Waals surface area contributed by atoms with Crippen LogP contribution in [-0.4, -0.2) is 16.9 Å². The number of carbonyl (C=O) groups is 2. The lowest BCUT2D eigenvalue weighted by atomic mass is 9.82. The van der Waals surface area contributed by atoms with Crippen molar-refractivity contribution in [2.24, 2.45) is 11.8 Å². The molecule has 1 N–H and O–H groups in total. The molecule has 1 rings (SSSR count). The van der Waals surface area contributed by atoms with Gasteiger partial charge in [0.05, 0.1) is 6.26 Å². The van der Waals surface area contributed by atoms with Gasteiger partial charge in [-0.25, -0.2) is 0 Å². The first-order valence-electron chi connectivity index (χ1n) is 6.92. The van der Waals surface area contributed by atoms with Gasteiger partial charge in [0.2, 0.25) is 5.78 Å². The Balaban J connectivity index is 2.80. The molecule has 0 aliphatic rings. The molecule has 0 aliphatic heterocycles. The molecule has 1 aromatic rings. The third kappa shape index (κ3) is 4.23. The predicted molar refractivity (Wildman–Crippen MR) is 72.1 cm³/mol. The highest BCUT2D eigenvalue weighted by Crippen LogP contribution is 2.26. The first-order chi connectivity index (χ1) is 9.11. The van der Waals surface area contributed by atoms with E-state index in [-0.39, 0.29) is 11.7 Å². The normalized spacial score (nSPS) is 14.0. The van der Waals surface area contributed by atoms with Crippen LogP contribution in [-0.2, 0) is 4.79 Å². The quantitative estimate of drug-likeness (QED) is 0.419. The van der Waals surface area contributed by atoms with Crippen molar-refractivity contribution in [2.45, 2.75) is 46.0 Å². The second-order valence-corrected chi connectivity index (χ2v) is 4.82. The molecule has 0 saturated carbocycles. The van der Waals surface area contributed by atoms with E-state index in [1.165, 1.54) is 12.3 Å². The molecule has 0 fully saturated rings. The Morgan fingerprint density at radius 1 is 1.32 bits per heavy atom. The van der Waals surface area contributed by atoms with Gasteiger partial charge in [-0.2, -0.15) is 0 Å². The van der Waals surface area contributed by atoms with Gasteiger partial charge in [-0.3, -0.25) is 9.59 Å². The van der Waals surface area contributed by atoms with Gasteiger partial charge >= 0.3 is 5.97 Å². The topological polar surface area (TPSA) is 67.5 Å². The number of carboxylic acids is 1. The molecule has 0 radical (unpaired) electrons. The second kappa shape index (κ2) is 7.77. The van der Waals surface area contributed by atoms with E-state index >= 15 is 0 Å². The molecule has 0 aliphatic carbocycles. The molecular formula is C15H22O4. The summed E-state index contributed by atoms with van der Waals surface area (Å²) in [6, 6.07) is 3.13. The Kier molecular flexibility index (Phi) is 6.33. The largest absolute Gasteiger partial charge is 0.481 e. The van der Waals surface area contributed by atoms with E-state index in [1.54, 1.807) is 6.07 Å². The number of rotatable bonds is 9. The van der Waals surface area contributed by atoms with E-state index in [1.807, 2.05) is 6.92 Å². The number of unbranched alkanes of at least 4 members (excludes halogenated alkanes) is 2. The van der Waals surface area contributed by atoms with Crippen molar-refractivity contribution >= 4 is 11.8 Å². The lowest BCUT2D eigenvalue weighted by Gasteiger charge is -2.20. The summed E-state index contributed by atoms with van der Waals surface area (Å²) in [5.41, 5.74) is 0. The van der Waals surface area contributed by atoms with Crippen LogP contribution in [0.15, 0.2) is 22.8 Å². The van der Waals surface area contributed by atoms with Gasteiger partial charge in [-0.1, -0.05) is 39.5 Å². The van der Waals surface area contributed by atoms with Crippen molar-refractivity contribution in [2.75, 3.05) is 0 Å². The highest BCUT2D eigenvalue weighted by atomic mass is 16.4. The number of carboxylic acid groups (broad SMARTS) is 1. The maximum Gasteiger partial charge on any atom is 0.314 e. The van der Waals surface area contributed by atoms with Gasteiger partial charge in [-0.05, 0) is 24.5 Å². The lowest BCUT2D eigenvalue weighted by molar-refractivity contribution is -0.141. The molecule has 106 valence electrons. The van der Waals surface area contributed by atoms with Gasteiger partial charge in [0, 0.05) is 0 Å². The van der Waals surface area contributed by atoms with Crippen LogP contribution < -0.4 is 0 Å². The van der Waals surface area contributed by atoms with Gasteiger partial charge in [-0.15, -0.1) is 0 Å². The van der Waals surface area contributed by atoms with Crippen molar-refractivity contribution < 1.29 is 19.1 Å². The average molecular weight is 266 g/mol. The molecule has 0 bridgehead atoms. The zero-order valence-corrected chi connectivity index (χ0v) is 11.6. The number of hydrogen-bond acceptors (Lipinski definition) is 3. The number of hydrogen-bond donors (Lipinski definition) is 1. The second-order valence-electron chi connectivity index (χ2n) is 4.82. The average Bonchev–Trinajstić information content (AvgIpc) is 2.90. The summed E-state index contributed by atoms with van der Waals surface area (Å²) < 4.78 is 5.03. The molecule has 4 nitrogen and oxygen atoms in total. The molecule has 2 unspecified atom stereocenters. The molecule has 0 saturated heterocycles. The monoisotopic (exact) mass is 266 g/mol. The van der Waals surface area contributed by atoms with Crippen LogP contribution in [0.25, 0.3) is 0 Å². The summed E-state index contributed by atoms with van der Waals surface area (Å²) in [5.74, 6) is -2.44. The number of ketones is 1. The SMILES string of the molecule is CCCCCC(CC)C(C(=O)O)C(=O)c1ccco1. The molecule has 0 amide bonds. The molecule has 0 aromatic carbocycles. The van der Waals surface area contributed by atoms with E-state index in [0.717, 1.165) is 25.7 Å². The molecular weight excluding hydrogens is 244 g/mol. The highest BCUT2D eigenvalue weighted by molar-refractivity contribution is 6.06. The Morgan fingerprint density at radius 3 is 2.53 bits per heavy atom. The minimum atomic E-state index is -1.05. The van der Waals surface area contributed by atoms with Crippen LogP contribution in [0.4, 0.5) is 0 Å². The third-order valence-corrected chi connectivity index (χ3v) is 3.49. The lowest BCUT2D eigenvalue weighted by Crippen LogP contribution is -2.31. The smallest absolute Gasteiger partial charge is 0.314 e. The van der Waals surface area contributed by atoms with Crippen molar-refractivity contribution in [1.29, 1.82) is 0 Å². The van der Waals surface area contributed by atoms with Crippen LogP contribution in [0, 0.1) is 11.8 Å². The Bertz CT molecular complexity index is 394. The summed E-state index contributed by atoms with van der Waals surface area (Å²) in [6.07, 6.45) is 5.97. The fraction of sp³-hybridized carbons (Fsp3) is 0.600. The first kappa shape index (κ1) is 15.5. The van der Waals surface area contributed by atoms with Gasteiger partial charge in [0.25, 0.3) is 0 Å². The summed E-state index contributed by atoms with van der Waals surface area (Å²) >= 11 is 0. The van der Waals surface area contributed by atoms with E-state index < -0.39 is 17.7 Å². The summed E-state index contributed by atoms with van der Waals surface area (Å²) in [5, 5.41) is 9.34. The van der Waals surface area contributed by atoms with Crippen LogP contribution in [0.1, 0.15) is 56.5 Å². The van der Waals surface area contributed by atoms with Crippen molar-refractivity contribution in [3.8, 4) is 0 Å². The van der Waals surface area contributed by atoms with Crippen LogP contribution in [0.2, 0.25) is 0 Å². The molecule has 19 heavy (non-hydrogen) atoms. The molecule has 1 heterocycles. The Labute approximate surface area is 113 Å². The summed E-state index contributed by atoms with van der Waals surface area (Å²) in [7, 11) is 0. The Morgan fingerprint density at radius 2 is 2.05 bits per heavy atom.